The third-order valence-electron chi connectivity index (χ3n) is 7.17. The fourth-order valence-corrected chi connectivity index (χ4v) is 5.09. The van der Waals surface area contributed by atoms with E-state index in [0.717, 1.165) is 28.8 Å². The summed E-state index contributed by atoms with van der Waals surface area (Å²) < 4.78 is 94.8. The van der Waals surface area contributed by atoms with Crippen LogP contribution in [-0.4, -0.2) is 28.8 Å². The van der Waals surface area contributed by atoms with E-state index in [1.54, 1.807) is 43.3 Å². The molecular formula is C31H26F6N2O3. The number of aromatic hydroxyl groups is 2. The van der Waals surface area contributed by atoms with Crippen molar-refractivity contribution in [1.82, 2.24) is 0 Å². The highest BCUT2D eigenvalue weighted by Crippen LogP contribution is 2.57. The monoisotopic (exact) mass is 588 g/mol. The van der Waals surface area contributed by atoms with Crippen LogP contribution in [0.4, 0.5) is 43.4 Å². The molecule has 0 aliphatic carbocycles. The lowest BCUT2D eigenvalue weighted by atomic mass is 9.72. The Balaban J connectivity index is 1.58. The number of alkyl halides is 6. The average molecular weight is 589 g/mol. The van der Waals surface area contributed by atoms with Crippen LogP contribution in [0.3, 0.4) is 0 Å². The Bertz CT molecular complexity index is 1610. The van der Waals surface area contributed by atoms with Gasteiger partial charge in [0.1, 0.15) is 17.6 Å². The normalized spacial score (nSPS) is 17.1. The van der Waals surface area contributed by atoms with Crippen molar-refractivity contribution >= 4 is 17.1 Å². The first kappa shape index (κ1) is 29.1. The Hall–Kier alpha value is -4.38. The van der Waals surface area contributed by atoms with E-state index in [-0.39, 0.29) is 11.4 Å². The van der Waals surface area contributed by atoms with Crippen molar-refractivity contribution in [2.75, 3.05) is 10.6 Å². The van der Waals surface area contributed by atoms with E-state index < -0.39 is 52.7 Å². The molecule has 2 unspecified atom stereocenters. The molecule has 1 saturated heterocycles. The zero-order valence-electron chi connectivity index (χ0n) is 22.3. The average Bonchev–Trinajstić information content (AvgIpc) is 3.66. The van der Waals surface area contributed by atoms with Crippen molar-refractivity contribution in [2.45, 2.75) is 43.9 Å². The quantitative estimate of drug-likeness (QED) is 0.0992. The van der Waals surface area contributed by atoms with Crippen molar-refractivity contribution in [1.29, 1.82) is 0 Å². The number of ether oxygens (including phenoxy) is 1. The summed E-state index contributed by atoms with van der Waals surface area (Å²) >= 11 is 0. The summed E-state index contributed by atoms with van der Waals surface area (Å²) in [6.07, 6.45) is -13.0. The van der Waals surface area contributed by atoms with Gasteiger partial charge in [-0.1, -0.05) is 54.1 Å². The molecule has 4 aromatic rings. The molecule has 2 atom stereocenters. The third-order valence-corrected chi connectivity index (χ3v) is 7.17. The van der Waals surface area contributed by atoms with Crippen LogP contribution in [0, 0.1) is 13.8 Å². The minimum absolute atomic E-state index is 0.347. The number of nitrogens with one attached hydrogen (secondary N) is 2. The van der Waals surface area contributed by atoms with Gasteiger partial charge in [-0.05, 0) is 72.5 Å². The van der Waals surface area contributed by atoms with Crippen molar-refractivity contribution in [2.24, 2.45) is 0 Å². The molecule has 0 amide bonds. The van der Waals surface area contributed by atoms with Gasteiger partial charge in [0, 0.05) is 5.69 Å². The van der Waals surface area contributed by atoms with Gasteiger partial charge in [-0.3, -0.25) is 0 Å². The highest BCUT2D eigenvalue weighted by atomic mass is 19.4. The highest BCUT2D eigenvalue weighted by molar-refractivity contribution is 5.69. The molecule has 0 saturated carbocycles. The van der Waals surface area contributed by atoms with Crippen LogP contribution in [0.2, 0.25) is 0 Å². The van der Waals surface area contributed by atoms with E-state index in [0.29, 0.717) is 30.0 Å². The molecule has 0 aromatic heterocycles. The first-order chi connectivity index (χ1) is 19.7. The Morgan fingerprint density at radius 2 is 1.21 bits per heavy atom. The lowest BCUT2D eigenvalue weighted by molar-refractivity contribution is -0.288. The molecule has 4 N–H and O–H groups in total. The lowest BCUT2D eigenvalue weighted by Crippen LogP contribution is -2.54. The van der Waals surface area contributed by atoms with Gasteiger partial charge in [0.25, 0.3) is 0 Å². The van der Waals surface area contributed by atoms with Gasteiger partial charge in [0.05, 0.1) is 11.4 Å². The van der Waals surface area contributed by atoms with Gasteiger partial charge in [0.15, 0.2) is 6.23 Å². The van der Waals surface area contributed by atoms with Crippen molar-refractivity contribution in [3.05, 3.63) is 113 Å². The summed E-state index contributed by atoms with van der Waals surface area (Å²) in [5.41, 5.74) is -4.73. The number of halogens is 6. The smallest absolute Gasteiger partial charge is 0.411 e. The minimum atomic E-state index is -5.88. The summed E-state index contributed by atoms with van der Waals surface area (Å²) in [6, 6.07) is 17.9. The molecule has 1 heterocycles. The maximum atomic E-state index is 14.9. The number of benzene rings is 4. The number of anilines is 3. The summed E-state index contributed by atoms with van der Waals surface area (Å²) in [4.78, 5) is 0. The summed E-state index contributed by atoms with van der Waals surface area (Å²) in [6.45, 7) is 3.62. The van der Waals surface area contributed by atoms with E-state index in [1.807, 2.05) is 19.1 Å². The first-order valence-electron chi connectivity index (χ1n) is 12.8. The van der Waals surface area contributed by atoms with Gasteiger partial charge in [-0.15, -0.1) is 0 Å². The zero-order valence-corrected chi connectivity index (χ0v) is 22.3. The second kappa shape index (κ2) is 10.5. The summed E-state index contributed by atoms with van der Waals surface area (Å²) in [5, 5.41) is 26.2. The number of rotatable bonds is 7. The first-order valence-corrected chi connectivity index (χ1v) is 12.8. The minimum Gasteiger partial charge on any atom is -0.506 e. The molecule has 5 rings (SSSR count). The molecule has 220 valence electrons. The summed E-state index contributed by atoms with van der Waals surface area (Å²) in [5.74, 6) is -1.09. The number of phenols is 2. The van der Waals surface area contributed by atoms with Crippen LogP contribution in [0.15, 0.2) is 84.9 Å². The van der Waals surface area contributed by atoms with Crippen LogP contribution < -0.4 is 10.6 Å². The second-order valence-electron chi connectivity index (χ2n) is 10.2. The molecule has 42 heavy (non-hydrogen) atoms. The van der Waals surface area contributed by atoms with Crippen LogP contribution in [-0.2, 0) is 10.2 Å². The molecule has 1 aliphatic heterocycles. The fourth-order valence-electron chi connectivity index (χ4n) is 5.09. The summed E-state index contributed by atoms with van der Waals surface area (Å²) in [7, 11) is 0. The predicted octanol–water partition coefficient (Wildman–Crippen LogP) is 8.38. The van der Waals surface area contributed by atoms with E-state index >= 15 is 0 Å². The van der Waals surface area contributed by atoms with Crippen LogP contribution in [0.5, 0.6) is 11.5 Å². The van der Waals surface area contributed by atoms with Gasteiger partial charge in [0.2, 0.25) is 5.41 Å². The number of epoxide rings is 1. The number of aryl methyl sites for hydroxylation is 2. The number of phenolic OH excluding ortho intramolecular Hbond substituents is 2. The number of hydrogen-bond donors (Lipinski definition) is 4. The topological polar surface area (TPSA) is 77.0 Å². The van der Waals surface area contributed by atoms with Crippen molar-refractivity contribution in [3.63, 3.8) is 0 Å². The Labute approximate surface area is 237 Å². The largest absolute Gasteiger partial charge is 0.506 e. The van der Waals surface area contributed by atoms with Gasteiger partial charge < -0.3 is 25.6 Å². The van der Waals surface area contributed by atoms with E-state index in [1.165, 1.54) is 0 Å². The fraction of sp³-hybridized carbons (Fsp3) is 0.226. The van der Waals surface area contributed by atoms with Crippen LogP contribution in [0.25, 0.3) is 0 Å². The van der Waals surface area contributed by atoms with Crippen molar-refractivity contribution in [3.8, 4) is 11.5 Å². The molecule has 0 bridgehead atoms. The molecule has 11 heteroatoms. The molecule has 4 aromatic carbocycles. The van der Waals surface area contributed by atoms with E-state index in [2.05, 4.69) is 10.6 Å². The van der Waals surface area contributed by atoms with Crippen LogP contribution in [0.1, 0.15) is 33.9 Å². The Kier molecular flexibility index (Phi) is 7.26. The molecule has 0 spiro atoms. The highest BCUT2D eigenvalue weighted by Gasteiger charge is 2.72. The standard InChI is InChI=1S/C31H26F6N2O3/c1-17-5-3-7-19(13-17)27-28(42-27)39-24-16-21(10-12-26(24)41)29(30(32,33)34,31(35,36)37)20-9-11-25(40)23(15-20)38-22-8-4-6-18(2)14-22/h3-16,27-28,38-41H,1-2H3. The van der Waals surface area contributed by atoms with E-state index in [9.17, 15) is 36.6 Å². The third kappa shape index (κ3) is 5.32. The SMILES string of the molecule is Cc1cccc(Nc2cc(C(c3ccc(O)c(NC4OC4c4cccc(C)c4)c3)(C(F)(F)F)C(F)(F)F)ccc2O)c1. The second-order valence-corrected chi connectivity index (χ2v) is 10.2. The molecular weight excluding hydrogens is 562 g/mol. The zero-order chi connectivity index (χ0) is 30.4. The Morgan fingerprint density at radius 1 is 0.667 bits per heavy atom. The Morgan fingerprint density at radius 3 is 1.79 bits per heavy atom. The number of hydrogen-bond acceptors (Lipinski definition) is 5. The molecule has 1 fully saturated rings. The maximum absolute atomic E-state index is 14.9. The van der Waals surface area contributed by atoms with E-state index in [4.69, 9.17) is 4.74 Å². The molecule has 1 aliphatic rings. The maximum Gasteiger partial charge on any atom is 0.411 e. The van der Waals surface area contributed by atoms with Crippen molar-refractivity contribution < 1.29 is 41.3 Å². The van der Waals surface area contributed by atoms with Gasteiger partial charge in [-0.2, -0.15) is 26.3 Å². The van der Waals surface area contributed by atoms with Gasteiger partial charge in [-0.25, -0.2) is 0 Å². The lowest BCUT2D eigenvalue weighted by Gasteiger charge is -2.38. The van der Waals surface area contributed by atoms with Gasteiger partial charge >= 0.3 is 12.4 Å². The molecule has 0 radical (unpaired) electrons. The predicted molar refractivity (Wildman–Crippen MR) is 146 cm³/mol. The molecule has 5 nitrogen and oxygen atoms in total. The van der Waals surface area contributed by atoms with Crippen LogP contribution >= 0.6 is 0 Å².